The number of halogens is 1. The van der Waals surface area contributed by atoms with Crippen molar-refractivity contribution in [2.24, 2.45) is 0 Å². The zero-order valence-corrected chi connectivity index (χ0v) is 14.7. The number of nitrogens with one attached hydrogen (secondary N) is 1. The molecule has 0 radical (unpaired) electrons. The first-order valence-electron chi connectivity index (χ1n) is 7.55. The van der Waals surface area contributed by atoms with Crippen LogP contribution in [0.25, 0.3) is 0 Å². The van der Waals surface area contributed by atoms with Crippen LogP contribution in [0.4, 0.5) is 0 Å². The molecule has 2 aromatic carbocycles. The minimum absolute atomic E-state index is 0. The lowest BCUT2D eigenvalue weighted by Gasteiger charge is -2.31. The van der Waals surface area contributed by atoms with E-state index >= 15 is 0 Å². The molecule has 0 amide bonds. The van der Waals surface area contributed by atoms with E-state index in [-0.39, 0.29) is 23.8 Å². The van der Waals surface area contributed by atoms with E-state index in [4.69, 9.17) is 9.47 Å². The Kier molecular flexibility index (Phi) is 7.24. The summed E-state index contributed by atoms with van der Waals surface area (Å²) in [7, 11) is 1.72. The normalized spacial score (nSPS) is 18.7. The Morgan fingerprint density at radius 1 is 1.13 bits per heavy atom. The van der Waals surface area contributed by atoms with Crippen LogP contribution in [0.3, 0.4) is 0 Å². The molecule has 2 atom stereocenters. The van der Waals surface area contributed by atoms with Gasteiger partial charge in [-0.25, -0.2) is 0 Å². The maximum atomic E-state index is 6.02. The number of rotatable bonds is 5. The van der Waals surface area contributed by atoms with Crippen molar-refractivity contribution in [3.05, 3.63) is 60.2 Å². The van der Waals surface area contributed by atoms with E-state index < -0.39 is 0 Å². The molecule has 0 unspecified atom stereocenters. The smallest absolute Gasteiger partial charge is 0.132 e. The molecule has 0 bridgehead atoms. The molecule has 0 spiro atoms. The van der Waals surface area contributed by atoms with E-state index in [1.165, 1.54) is 5.56 Å². The maximum Gasteiger partial charge on any atom is 0.132 e. The summed E-state index contributed by atoms with van der Waals surface area (Å²) in [5, 5.41) is 3.67. The average Bonchev–Trinajstić information content (AvgIpc) is 2.61. The largest absolute Gasteiger partial charge is 0.496 e. The van der Waals surface area contributed by atoms with Crippen LogP contribution in [-0.4, -0.2) is 32.9 Å². The number of para-hydroxylation sites is 1. The van der Waals surface area contributed by atoms with Crippen molar-refractivity contribution in [2.75, 3.05) is 26.8 Å². The van der Waals surface area contributed by atoms with Gasteiger partial charge in [-0.1, -0.05) is 42.5 Å². The molecule has 5 heteroatoms. The summed E-state index contributed by atoms with van der Waals surface area (Å²) >= 11 is 1.81. The predicted molar refractivity (Wildman–Crippen MR) is 97.9 cm³/mol. The van der Waals surface area contributed by atoms with Gasteiger partial charge < -0.3 is 14.8 Å². The summed E-state index contributed by atoms with van der Waals surface area (Å²) in [6.07, 6.45) is 0.158. The quantitative estimate of drug-likeness (QED) is 0.826. The number of hydrogen-bond donors (Lipinski definition) is 1. The molecular weight excluding hydrogens is 330 g/mol. The molecule has 0 aromatic heterocycles. The van der Waals surface area contributed by atoms with E-state index in [1.807, 2.05) is 36.0 Å². The molecule has 124 valence electrons. The van der Waals surface area contributed by atoms with Crippen LogP contribution in [0.5, 0.6) is 5.75 Å². The fraction of sp³-hybridized carbons (Fsp3) is 0.333. The van der Waals surface area contributed by atoms with Crippen molar-refractivity contribution in [1.29, 1.82) is 0 Å². The first-order valence-corrected chi connectivity index (χ1v) is 8.43. The first-order chi connectivity index (χ1) is 10.9. The highest BCUT2D eigenvalue weighted by atomic mass is 35.5. The highest BCUT2D eigenvalue weighted by molar-refractivity contribution is 7.99. The van der Waals surface area contributed by atoms with Crippen molar-refractivity contribution in [1.82, 2.24) is 5.32 Å². The van der Waals surface area contributed by atoms with Gasteiger partial charge in [0.15, 0.2) is 0 Å². The predicted octanol–water partition coefficient (Wildman–Crippen LogP) is 3.94. The molecule has 1 aliphatic heterocycles. The summed E-state index contributed by atoms with van der Waals surface area (Å²) in [4.78, 5) is 1.15. The summed E-state index contributed by atoms with van der Waals surface area (Å²) < 4.78 is 11.5. The molecule has 0 saturated carbocycles. The lowest BCUT2D eigenvalue weighted by atomic mass is 10.1. The topological polar surface area (TPSA) is 30.5 Å². The van der Waals surface area contributed by atoms with Crippen LogP contribution in [-0.2, 0) is 4.74 Å². The van der Waals surface area contributed by atoms with E-state index in [9.17, 15) is 0 Å². The zero-order chi connectivity index (χ0) is 15.2. The van der Waals surface area contributed by atoms with E-state index in [2.05, 4.69) is 35.6 Å². The SMILES string of the molecule is COc1ccccc1S[C@H](c1ccccc1)[C@H]1CNCCO1.Cl. The summed E-state index contributed by atoms with van der Waals surface area (Å²) in [6.45, 7) is 2.57. The molecule has 1 N–H and O–H groups in total. The summed E-state index contributed by atoms with van der Waals surface area (Å²) in [5.41, 5.74) is 1.28. The first kappa shape index (κ1) is 18.1. The Hall–Kier alpha value is -1.20. The van der Waals surface area contributed by atoms with Gasteiger partial charge in [0.1, 0.15) is 5.75 Å². The minimum atomic E-state index is 0. The van der Waals surface area contributed by atoms with Crippen molar-refractivity contribution in [3.63, 3.8) is 0 Å². The van der Waals surface area contributed by atoms with Crippen LogP contribution < -0.4 is 10.1 Å². The van der Waals surface area contributed by atoms with Gasteiger partial charge in [0.25, 0.3) is 0 Å². The van der Waals surface area contributed by atoms with Crippen molar-refractivity contribution in [2.45, 2.75) is 16.2 Å². The van der Waals surface area contributed by atoms with Gasteiger partial charge in [-0.3, -0.25) is 0 Å². The Labute approximate surface area is 148 Å². The third kappa shape index (κ3) is 4.64. The molecule has 23 heavy (non-hydrogen) atoms. The van der Waals surface area contributed by atoms with Gasteiger partial charge in [-0.2, -0.15) is 0 Å². The standard InChI is InChI=1S/C18H21NO2S.ClH/c1-20-15-9-5-6-10-17(15)22-18(14-7-3-2-4-8-14)16-13-19-11-12-21-16;/h2-10,16,18-19H,11-13H2,1H3;1H/t16-,18-;/m1./s1. The van der Waals surface area contributed by atoms with Crippen molar-refractivity contribution >= 4 is 24.2 Å². The maximum absolute atomic E-state index is 6.02. The van der Waals surface area contributed by atoms with Crippen molar-refractivity contribution < 1.29 is 9.47 Å². The van der Waals surface area contributed by atoms with Crippen LogP contribution in [0.2, 0.25) is 0 Å². The van der Waals surface area contributed by atoms with Crippen LogP contribution in [0.1, 0.15) is 10.8 Å². The second-order valence-corrected chi connectivity index (χ2v) is 6.40. The molecule has 1 fully saturated rings. The van der Waals surface area contributed by atoms with Crippen LogP contribution in [0.15, 0.2) is 59.5 Å². The second-order valence-electron chi connectivity index (χ2n) is 5.21. The Bertz CT molecular complexity index is 591. The Balaban J connectivity index is 0.00000192. The lowest BCUT2D eigenvalue weighted by Crippen LogP contribution is -2.41. The number of ether oxygens (including phenoxy) is 2. The third-order valence-electron chi connectivity index (χ3n) is 3.75. The fourth-order valence-corrected chi connectivity index (χ4v) is 3.95. The summed E-state index contributed by atoms with van der Waals surface area (Å²) in [5.74, 6) is 0.914. The number of morpholine rings is 1. The Morgan fingerprint density at radius 3 is 2.57 bits per heavy atom. The van der Waals surface area contributed by atoms with Gasteiger partial charge >= 0.3 is 0 Å². The highest BCUT2D eigenvalue weighted by Gasteiger charge is 2.27. The minimum Gasteiger partial charge on any atom is -0.496 e. The number of thioether (sulfide) groups is 1. The van der Waals surface area contributed by atoms with E-state index in [0.717, 1.165) is 30.3 Å². The molecule has 0 aliphatic carbocycles. The van der Waals surface area contributed by atoms with E-state index in [0.29, 0.717) is 0 Å². The number of benzene rings is 2. The number of hydrogen-bond acceptors (Lipinski definition) is 4. The van der Waals surface area contributed by atoms with Gasteiger partial charge in [-0.15, -0.1) is 24.2 Å². The van der Waals surface area contributed by atoms with E-state index in [1.54, 1.807) is 7.11 Å². The van der Waals surface area contributed by atoms with Gasteiger partial charge in [0.05, 0.1) is 30.0 Å². The molecule has 1 heterocycles. The highest BCUT2D eigenvalue weighted by Crippen LogP contribution is 2.42. The average molecular weight is 352 g/mol. The van der Waals surface area contributed by atoms with Gasteiger partial charge in [0.2, 0.25) is 0 Å². The lowest BCUT2D eigenvalue weighted by molar-refractivity contribution is 0.0273. The Morgan fingerprint density at radius 2 is 1.87 bits per heavy atom. The molecule has 2 aromatic rings. The molecular formula is C18H22ClNO2S. The van der Waals surface area contributed by atoms with Gasteiger partial charge in [0, 0.05) is 13.1 Å². The zero-order valence-electron chi connectivity index (χ0n) is 13.1. The fourth-order valence-electron chi connectivity index (χ4n) is 2.63. The van der Waals surface area contributed by atoms with Crippen LogP contribution in [0, 0.1) is 0 Å². The van der Waals surface area contributed by atoms with Crippen molar-refractivity contribution in [3.8, 4) is 5.75 Å². The summed E-state index contributed by atoms with van der Waals surface area (Å²) in [6, 6.07) is 18.7. The second kappa shape index (κ2) is 9.18. The van der Waals surface area contributed by atoms with Gasteiger partial charge in [-0.05, 0) is 17.7 Å². The molecule has 3 nitrogen and oxygen atoms in total. The molecule has 3 rings (SSSR count). The van der Waals surface area contributed by atoms with Crippen LogP contribution >= 0.6 is 24.2 Å². The monoisotopic (exact) mass is 351 g/mol. The third-order valence-corrected chi connectivity index (χ3v) is 5.17. The molecule has 1 aliphatic rings. The molecule has 1 saturated heterocycles. The number of methoxy groups -OCH3 is 1.